The molecule has 34 heavy (non-hydrogen) atoms. The Labute approximate surface area is 206 Å². The molecule has 1 heterocycles. The number of methoxy groups -OCH3 is 1. The van der Waals surface area contributed by atoms with Crippen LogP contribution in [0.5, 0.6) is 11.5 Å². The smallest absolute Gasteiger partial charge is 0.316 e. The van der Waals surface area contributed by atoms with Crippen molar-refractivity contribution in [2.75, 3.05) is 40.0 Å². The lowest BCUT2D eigenvalue weighted by molar-refractivity contribution is -0.907. The number of unbranched alkanes of at least 4 members (excludes halogenated alkanes) is 2. The Kier molecular flexibility index (Phi) is 10.2. The number of rotatable bonds is 11. The first-order valence-electron chi connectivity index (χ1n) is 13.1. The van der Waals surface area contributed by atoms with Crippen molar-refractivity contribution in [2.24, 2.45) is 5.92 Å². The molecule has 5 nitrogen and oxygen atoms in total. The lowest BCUT2D eigenvalue weighted by Crippen LogP contribution is -3.14. The fourth-order valence-corrected chi connectivity index (χ4v) is 5.23. The first-order chi connectivity index (χ1) is 16.4. The van der Waals surface area contributed by atoms with Crippen LogP contribution in [0.2, 0.25) is 0 Å². The monoisotopic (exact) mass is 470 g/mol. The summed E-state index contributed by atoms with van der Waals surface area (Å²) >= 11 is 0. The predicted octanol–water partition coefficient (Wildman–Crippen LogP) is 4.65. The molecule has 2 atom stereocenters. The highest BCUT2D eigenvalue weighted by Gasteiger charge is 2.32. The maximum Gasteiger partial charge on any atom is 0.316 e. The van der Waals surface area contributed by atoms with E-state index in [1.807, 2.05) is 0 Å². The molecule has 0 amide bonds. The molecular weight excluding hydrogens is 426 g/mol. The second kappa shape index (κ2) is 13.1. The van der Waals surface area contributed by atoms with Gasteiger partial charge >= 0.3 is 5.97 Å². The van der Waals surface area contributed by atoms with Crippen LogP contribution in [0.25, 0.3) is 0 Å². The highest BCUT2D eigenvalue weighted by atomic mass is 16.5. The number of ether oxygens (including phenoxy) is 3. The Morgan fingerprint density at radius 2 is 1.94 bits per heavy atom. The summed E-state index contributed by atoms with van der Waals surface area (Å²) in [4.78, 5) is 14.4. The second-order valence-corrected chi connectivity index (χ2v) is 10.0. The Balaban J connectivity index is 1.91. The number of nitrogens with one attached hydrogen (secondary N) is 1. The molecule has 188 valence electrons. The average molecular weight is 471 g/mol. The molecule has 0 radical (unpaired) electrons. The van der Waals surface area contributed by atoms with Crippen molar-refractivity contribution >= 4 is 5.97 Å². The van der Waals surface area contributed by atoms with Crippen LogP contribution in [0.15, 0.2) is 35.9 Å². The molecule has 1 aliphatic carbocycles. The van der Waals surface area contributed by atoms with E-state index >= 15 is 0 Å². The van der Waals surface area contributed by atoms with Gasteiger partial charge in [0.15, 0.2) is 0 Å². The summed E-state index contributed by atoms with van der Waals surface area (Å²) < 4.78 is 17.5. The normalized spacial score (nSPS) is 21.1. The molecule has 1 aromatic rings. The highest BCUT2D eigenvalue weighted by Crippen LogP contribution is 2.47. The third kappa shape index (κ3) is 7.19. The van der Waals surface area contributed by atoms with Crippen LogP contribution in [-0.4, -0.2) is 45.9 Å². The Hall–Kier alpha value is -2.11. The van der Waals surface area contributed by atoms with E-state index in [-0.39, 0.29) is 11.9 Å². The molecule has 0 spiro atoms. The van der Waals surface area contributed by atoms with Gasteiger partial charge in [0.05, 0.1) is 33.3 Å². The number of aryl methyl sites for hydroxylation is 1. The van der Waals surface area contributed by atoms with E-state index in [1.54, 1.807) is 7.11 Å². The first kappa shape index (κ1) is 26.5. The van der Waals surface area contributed by atoms with Gasteiger partial charge in [-0.1, -0.05) is 43.6 Å². The molecule has 1 aromatic carbocycles. The van der Waals surface area contributed by atoms with Gasteiger partial charge in [0.25, 0.3) is 0 Å². The number of esters is 1. The predicted molar refractivity (Wildman–Crippen MR) is 137 cm³/mol. The topological polar surface area (TPSA) is 49.2 Å². The van der Waals surface area contributed by atoms with Crippen molar-refractivity contribution in [3.63, 3.8) is 0 Å². The van der Waals surface area contributed by atoms with Crippen molar-refractivity contribution in [3.8, 4) is 11.5 Å². The van der Waals surface area contributed by atoms with Crippen LogP contribution in [-0.2, 0) is 16.0 Å². The van der Waals surface area contributed by atoms with E-state index in [1.165, 1.54) is 28.9 Å². The second-order valence-electron chi connectivity index (χ2n) is 10.0. The number of carbonyl (C=O) groups is 1. The van der Waals surface area contributed by atoms with Gasteiger partial charge in [0.2, 0.25) is 0 Å². The van der Waals surface area contributed by atoms with E-state index in [9.17, 15) is 4.79 Å². The molecule has 1 aliphatic heterocycles. The summed E-state index contributed by atoms with van der Waals surface area (Å²) in [5.74, 6) is 1.71. The average Bonchev–Trinajstić information content (AvgIpc) is 2.83. The number of quaternary nitrogens is 1. The van der Waals surface area contributed by atoms with E-state index in [0.717, 1.165) is 75.4 Å². The van der Waals surface area contributed by atoms with Crippen molar-refractivity contribution in [1.82, 2.24) is 0 Å². The van der Waals surface area contributed by atoms with Gasteiger partial charge in [-0.3, -0.25) is 4.79 Å². The molecule has 1 fully saturated rings. The van der Waals surface area contributed by atoms with Crippen LogP contribution < -0.4 is 14.4 Å². The highest BCUT2D eigenvalue weighted by molar-refractivity contribution is 5.73. The molecule has 2 unspecified atom stereocenters. The lowest BCUT2D eigenvalue weighted by atomic mass is 9.73. The van der Waals surface area contributed by atoms with Gasteiger partial charge in [0.1, 0.15) is 24.6 Å². The zero-order chi connectivity index (χ0) is 24.5. The number of benzene rings is 1. The molecule has 0 aromatic heterocycles. The summed E-state index contributed by atoms with van der Waals surface area (Å²) in [6.45, 7) is 15.0. The maximum absolute atomic E-state index is 13.0. The third-order valence-corrected chi connectivity index (χ3v) is 7.27. The van der Waals surface area contributed by atoms with E-state index < -0.39 is 0 Å². The van der Waals surface area contributed by atoms with E-state index in [0.29, 0.717) is 18.1 Å². The first-order valence-corrected chi connectivity index (χ1v) is 13.1. The fraction of sp³-hybridized carbons (Fsp3) is 0.621. The molecule has 0 saturated carbocycles. The molecule has 5 heteroatoms. The lowest BCUT2D eigenvalue weighted by Gasteiger charge is -2.32. The summed E-state index contributed by atoms with van der Waals surface area (Å²) in [5, 5.41) is 0. The SMILES string of the molecule is C=C(C)C1CCC(C)=CC1c1c(OC)cc(CCCCC)cc1OC(=O)CC[NH+]1CCOCC1. The molecule has 0 bridgehead atoms. The molecule has 3 rings (SSSR count). The Morgan fingerprint density at radius 1 is 1.21 bits per heavy atom. The van der Waals surface area contributed by atoms with Gasteiger partial charge in [0, 0.05) is 11.5 Å². The van der Waals surface area contributed by atoms with Gasteiger partial charge < -0.3 is 19.1 Å². The molecular formula is C29H44NO4+. The summed E-state index contributed by atoms with van der Waals surface area (Å²) in [6.07, 6.45) is 9.28. The largest absolute Gasteiger partial charge is 0.496 e. The Morgan fingerprint density at radius 3 is 2.62 bits per heavy atom. The number of morpholine rings is 1. The number of allylic oxidation sites excluding steroid dienone is 3. The number of hydrogen-bond donors (Lipinski definition) is 1. The minimum Gasteiger partial charge on any atom is -0.496 e. The molecule has 1 saturated heterocycles. The Bertz CT molecular complexity index is 869. The third-order valence-electron chi connectivity index (χ3n) is 7.27. The molecule has 2 aliphatic rings. The van der Waals surface area contributed by atoms with Gasteiger partial charge in [-0.05, 0) is 63.1 Å². The van der Waals surface area contributed by atoms with Crippen molar-refractivity contribution in [3.05, 3.63) is 47.1 Å². The van der Waals surface area contributed by atoms with Crippen LogP contribution >= 0.6 is 0 Å². The summed E-state index contributed by atoms with van der Waals surface area (Å²) in [6, 6.07) is 4.23. The van der Waals surface area contributed by atoms with E-state index in [4.69, 9.17) is 14.2 Å². The van der Waals surface area contributed by atoms with E-state index in [2.05, 4.69) is 45.6 Å². The zero-order valence-corrected chi connectivity index (χ0v) is 21.7. The van der Waals surface area contributed by atoms with Crippen molar-refractivity contribution in [2.45, 2.75) is 71.6 Å². The summed E-state index contributed by atoms with van der Waals surface area (Å²) in [7, 11) is 1.72. The number of hydrogen-bond acceptors (Lipinski definition) is 4. The van der Waals surface area contributed by atoms with Crippen LogP contribution in [0.1, 0.15) is 76.3 Å². The quantitative estimate of drug-likeness (QED) is 0.221. The zero-order valence-electron chi connectivity index (χ0n) is 21.7. The van der Waals surface area contributed by atoms with Gasteiger partial charge in [-0.25, -0.2) is 0 Å². The standard InChI is InChI=1S/C29H43NO4/c1-6-7-8-9-23-19-26(32-5)29(25-18-22(4)10-11-24(25)21(2)3)27(20-23)34-28(31)12-13-30-14-16-33-17-15-30/h18-20,24-25H,2,6-17H2,1,3-5H3/p+1. The van der Waals surface area contributed by atoms with Crippen LogP contribution in [0, 0.1) is 5.92 Å². The van der Waals surface area contributed by atoms with Crippen LogP contribution in [0.4, 0.5) is 0 Å². The van der Waals surface area contributed by atoms with Crippen molar-refractivity contribution < 1.29 is 23.9 Å². The van der Waals surface area contributed by atoms with Crippen molar-refractivity contribution in [1.29, 1.82) is 0 Å². The molecule has 1 N–H and O–H groups in total. The van der Waals surface area contributed by atoms with Crippen LogP contribution in [0.3, 0.4) is 0 Å². The van der Waals surface area contributed by atoms with Gasteiger partial charge in [-0.2, -0.15) is 0 Å². The summed E-state index contributed by atoms with van der Waals surface area (Å²) in [5.41, 5.74) is 4.68. The minimum absolute atomic E-state index is 0.0959. The minimum atomic E-state index is -0.170. The maximum atomic E-state index is 13.0. The number of carbonyl (C=O) groups excluding carboxylic acids is 1. The van der Waals surface area contributed by atoms with Gasteiger partial charge in [-0.15, -0.1) is 0 Å². The fourth-order valence-electron chi connectivity index (χ4n) is 5.23.